The number of hydrogen-bond donors (Lipinski definition) is 2. The molecule has 1 heterocycles. The fourth-order valence-corrected chi connectivity index (χ4v) is 3.46. The summed E-state index contributed by atoms with van der Waals surface area (Å²) in [6.45, 7) is 4.43. The summed E-state index contributed by atoms with van der Waals surface area (Å²) in [5.74, 6) is 0.533. The van der Waals surface area contributed by atoms with Crippen LogP contribution in [0.4, 0.5) is 0 Å². The topological polar surface area (TPSA) is 79.4 Å². The number of carbonyl (C=O) groups excluding carboxylic acids is 1. The lowest BCUT2D eigenvalue weighted by Crippen LogP contribution is -2.21. The van der Waals surface area contributed by atoms with Gasteiger partial charge in [-0.15, -0.1) is 0 Å². The zero-order valence-corrected chi connectivity index (χ0v) is 16.0. The summed E-state index contributed by atoms with van der Waals surface area (Å²) >= 11 is 0. The molecule has 0 fully saturated rings. The number of nitrogens with zero attached hydrogens (tertiary/aromatic N) is 2. The molecule has 1 aliphatic carbocycles. The first kappa shape index (κ1) is 18.0. The molecule has 2 N–H and O–H groups in total. The molecule has 1 amide bonds. The Bertz CT molecular complexity index is 1030. The van der Waals surface area contributed by atoms with E-state index in [1.807, 2.05) is 56.3 Å². The van der Waals surface area contributed by atoms with Crippen LogP contribution in [0.5, 0.6) is 5.75 Å². The molecule has 0 saturated carbocycles. The lowest BCUT2D eigenvalue weighted by molar-refractivity contribution is 0.0949. The maximum absolute atomic E-state index is 12.7. The van der Waals surface area contributed by atoms with Crippen LogP contribution in [0.1, 0.15) is 41.0 Å². The summed E-state index contributed by atoms with van der Waals surface area (Å²) in [7, 11) is 0. The third kappa shape index (κ3) is 3.41. The Morgan fingerprint density at radius 1 is 1.18 bits per heavy atom. The molecule has 3 aromatic rings. The molecule has 28 heavy (non-hydrogen) atoms. The van der Waals surface area contributed by atoms with E-state index in [-0.39, 0.29) is 5.91 Å². The smallest absolute Gasteiger partial charge is 0.289 e. The van der Waals surface area contributed by atoms with Crippen LogP contribution in [0.15, 0.2) is 53.6 Å². The van der Waals surface area contributed by atoms with E-state index in [0.29, 0.717) is 12.3 Å². The van der Waals surface area contributed by atoms with Crippen molar-refractivity contribution in [3.05, 3.63) is 70.9 Å². The van der Waals surface area contributed by atoms with Crippen LogP contribution in [0, 0.1) is 0 Å². The van der Waals surface area contributed by atoms with Gasteiger partial charge in [-0.1, -0.05) is 24.3 Å². The minimum Gasteiger partial charge on any atom is -0.494 e. The van der Waals surface area contributed by atoms with Gasteiger partial charge < -0.3 is 4.74 Å². The third-order valence-corrected chi connectivity index (χ3v) is 4.92. The molecular formula is C22H22N4O2. The summed E-state index contributed by atoms with van der Waals surface area (Å²) in [6, 6.07) is 15.8. The fraction of sp³-hybridized carbons (Fsp3) is 0.227. The molecule has 0 spiro atoms. The average molecular weight is 374 g/mol. The van der Waals surface area contributed by atoms with E-state index >= 15 is 0 Å². The molecule has 0 atom stereocenters. The van der Waals surface area contributed by atoms with Gasteiger partial charge in [0.15, 0.2) is 0 Å². The van der Waals surface area contributed by atoms with E-state index in [1.165, 1.54) is 5.56 Å². The van der Waals surface area contributed by atoms with Gasteiger partial charge in [0.2, 0.25) is 0 Å². The Balaban J connectivity index is 1.51. The summed E-state index contributed by atoms with van der Waals surface area (Å²) < 4.78 is 5.44. The number of rotatable bonds is 5. The van der Waals surface area contributed by atoms with Crippen molar-refractivity contribution in [2.45, 2.75) is 26.7 Å². The predicted octanol–water partition coefficient (Wildman–Crippen LogP) is 3.73. The monoisotopic (exact) mass is 374 g/mol. The fourth-order valence-electron chi connectivity index (χ4n) is 3.46. The van der Waals surface area contributed by atoms with Crippen molar-refractivity contribution < 1.29 is 9.53 Å². The number of aryl methyl sites for hydroxylation is 1. The Labute approximate surface area is 163 Å². The van der Waals surface area contributed by atoms with Crippen LogP contribution in [-0.2, 0) is 12.8 Å². The van der Waals surface area contributed by atoms with Gasteiger partial charge in [-0.25, -0.2) is 5.43 Å². The van der Waals surface area contributed by atoms with Crippen LogP contribution in [-0.4, -0.2) is 28.4 Å². The van der Waals surface area contributed by atoms with E-state index in [9.17, 15) is 4.79 Å². The van der Waals surface area contributed by atoms with E-state index in [1.54, 1.807) is 0 Å². The van der Waals surface area contributed by atoms with Crippen molar-refractivity contribution >= 4 is 11.6 Å². The number of benzene rings is 2. The third-order valence-electron chi connectivity index (χ3n) is 4.92. The molecular weight excluding hydrogens is 352 g/mol. The molecule has 0 radical (unpaired) electrons. The number of nitrogens with one attached hydrogen (secondary N) is 2. The highest BCUT2D eigenvalue weighted by Crippen LogP contribution is 2.33. The van der Waals surface area contributed by atoms with Crippen LogP contribution in [0.3, 0.4) is 0 Å². The zero-order chi connectivity index (χ0) is 19.5. The van der Waals surface area contributed by atoms with Gasteiger partial charge in [0.25, 0.3) is 5.91 Å². The number of ether oxygens (including phenoxy) is 1. The van der Waals surface area contributed by atoms with Gasteiger partial charge in [0, 0.05) is 11.1 Å². The van der Waals surface area contributed by atoms with Gasteiger partial charge in [0.1, 0.15) is 11.4 Å². The first-order valence-electron chi connectivity index (χ1n) is 9.40. The standard InChI is InChI=1S/C22H22N4O2/c1-3-28-17-11-8-15(9-12-17)14(2)23-26-22(27)21-19-13-10-16-6-4-5-7-18(16)20(19)24-25-21/h4-9,11-12H,3,10,13H2,1-2H3,(H,24,25)(H,26,27). The van der Waals surface area contributed by atoms with Crippen molar-refractivity contribution in [1.29, 1.82) is 0 Å². The maximum Gasteiger partial charge on any atom is 0.289 e. The highest BCUT2D eigenvalue weighted by atomic mass is 16.5. The zero-order valence-electron chi connectivity index (χ0n) is 16.0. The largest absolute Gasteiger partial charge is 0.494 e. The van der Waals surface area contributed by atoms with Gasteiger partial charge in [-0.05, 0) is 62.1 Å². The molecule has 2 aromatic carbocycles. The lowest BCUT2D eigenvalue weighted by Gasteiger charge is -2.15. The number of H-pyrrole nitrogens is 1. The second-order valence-corrected chi connectivity index (χ2v) is 6.68. The molecule has 1 aliphatic rings. The van der Waals surface area contributed by atoms with E-state index in [2.05, 4.69) is 26.8 Å². The van der Waals surface area contributed by atoms with Gasteiger partial charge >= 0.3 is 0 Å². The Kier molecular flexibility index (Phi) is 4.93. The number of hydrazone groups is 1. The number of amides is 1. The quantitative estimate of drug-likeness (QED) is 0.528. The minimum absolute atomic E-state index is 0.279. The molecule has 6 heteroatoms. The lowest BCUT2D eigenvalue weighted by atomic mass is 9.89. The van der Waals surface area contributed by atoms with Crippen LogP contribution >= 0.6 is 0 Å². The van der Waals surface area contributed by atoms with Crippen LogP contribution < -0.4 is 10.2 Å². The number of fused-ring (bicyclic) bond motifs is 3. The second-order valence-electron chi connectivity index (χ2n) is 6.68. The summed E-state index contributed by atoms with van der Waals surface area (Å²) in [5.41, 5.74) is 8.92. The van der Waals surface area contributed by atoms with Crippen LogP contribution in [0.2, 0.25) is 0 Å². The van der Waals surface area contributed by atoms with Crippen molar-refractivity contribution in [3.8, 4) is 17.0 Å². The molecule has 4 rings (SSSR count). The molecule has 0 saturated heterocycles. The second kappa shape index (κ2) is 7.68. The van der Waals surface area contributed by atoms with Crippen molar-refractivity contribution in [1.82, 2.24) is 15.6 Å². The molecule has 0 bridgehead atoms. The van der Waals surface area contributed by atoms with E-state index in [0.717, 1.165) is 46.7 Å². The van der Waals surface area contributed by atoms with E-state index < -0.39 is 0 Å². The van der Waals surface area contributed by atoms with Crippen molar-refractivity contribution in [3.63, 3.8) is 0 Å². The minimum atomic E-state index is -0.279. The first-order valence-corrected chi connectivity index (χ1v) is 9.40. The average Bonchev–Trinajstić information content (AvgIpc) is 3.17. The highest BCUT2D eigenvalue weighted by Gasteiger charge is 2.24. The molecule has 1 aromatic heterocycles. The SMILES string of the molecule is CCOc1ccc(C(C)=NNC(=O)c2[nH]nc3c2CCc2ccccc2-3)cc1. The Morgan fingerprint density at radius 2 is 1.96 bits per heavy atom. The Morgan fingerprint density at radius 3 is 2.75 bits per heavy atom. The summed E-state index contributed by atoms with van der Waals surface area (Å²) in [4.78, 5) is 12.7. The number of hydrogen-bond acceptors (Lipinski definition) is 4. The number of aromatic amines is 1. The summed E-state index contributed by atoms with van der Waals surface area (Å²) in [5, 5.41) is 11.5. The first-order chi connectivity index (χ1) is 13.7. The molecule has 6 nitrogen and oxygen atoms in total. The van der Waals surface area contributed by atoms with Crippen LogP contribution in [0.25, 0.3) is 11.3 Å². The highest BCUT2D eigenvalue weighted by molar-refractivity contribution is 6.01. The van der Waals surface area contributed by atoms with Crippen molar-refractivity contribution in [2.75, 3.05) is 6.61 Å². The predicted molar refractivity (Wildman–Crippen MR) is 109 cm³/mol. The summed E-state index contributed by atoms with van der Waals surface area (Å²) in [6.07, 6.45) is 1.69. The number of carbonyl (C=O) groups is 1. The van der Waals surface area contributed by atoms with Gasteiger partial charge in [0.05, 0.1) is 18.0 Å². The molecule has 0 aliphatic heterocycles. The molecule has 142 valence electrons. The normalized spacial score (nSPS) is 12.9. The number of aromatic nitrogens is 2. The maximum atomic E-state index is 12.7. The van der Waals surface area contributed by atoms with E-state index in [4.69, 9.17) is 4.74 Å². The van der Waals surface area contributed by atoms with Gasteiger partial charge in [-0.3, -0.25) is 9.89 Å². The van der Waals surface area contributed by atoms with Gasteiger partial charge in [-0.2, -0.15) is 10.2 Å². The Hall–Kier alpha value is -3.41. The van der Waals surface area contributed by atoms with Crippen molar-refractivity contribution in [2.24, 2.45) is 5.10 Å². The molecule has 0 unspecified atom stereocenters.